The summed E-state index contributed by atoms with van der Waals surface area (Å²) in [5.74, 6) is 1.60. The minimum atomic E-state index is 0.793. The van der Waals surface area contributed by atoms with Crippen LogP contribution in [0.5, 0.6) is 0 Å². The van der Waals surface area contributed by atoms with E-state index < -0.39 is 0 Å². The second-order valence-corrected chi connectivity index (χ2v) is 10.5. The molecule has 2 aromatic heterocycles. The number of hydrogen-bond donors (Lipinski definition) is 0. The van der Waals surface area contributed by atoms with Gasteiger partial charge in [0, 0.05) is 19.5 Å². The van der Waals surface area contributed by atoms with Crippen LogP contribution in [0.25, 0.3) is 21.6 Å². The molecule has 26 heavy (non-hydrogen) atoms. The second-order valence-electron chi connectivity index (χ2n) is 7.74. The van der Waals surface area contributed by atoms with E-state index in [0.29, 0.717) is 0 Å². The molecule has 0 spiro atoms. The molecule has 2 heterocycles. The Kier molecular flexibility index (Phi) is 3.95. The Balaban J connectivity index is 1.66. The van der Waals surface area contributed by atoms with Gasteiger partial charge in [-0.15, -0.1) is 22.7 Å². The molecule has 0 amide bonds. The van der Waals surface area contributed by atoms with Crippen molar-refractivity contribution in [3.8, 4) is 10.4 Å². The van der Waals surface area contributed by atoms with Gasteiger partial charge in [0.25, 0.3) is 0 Å². The average molecular weight is 377 g/mol. The highest BCUT2D eigenvalue weighted by molar-refractivity contribution is 7.15. The van der Waals surface area contributed by atoms with Crippen molar-refractivity contribution in [2.24, 2.45) is 11.8 Å². The molecule has 0 bridgehead atoms. The first-order valence-corrected chi connectivity index (χ1v) is 11.2. The predicted octanol–water partition coefficient (Wildman–Crippen LogP) is 7.74. The van der Waals surface area contributed by atoms with Gasteiger partial charge in [0.1, 0.15) is 0 Å². The van der Waals surface area contributed by atoms with E-state index in [0.717, 1.165) is 11.8 Å². The summed E-state index contributed by atoms with van der Waals surface area (Å²) in [6.07, 6.45) is 4.15. The third-order valence-electron chi connectivity index (χ3n) is 6.15. The van der Waals surface area contributed by atoms with Crippen LogP contribution in [0.3, 0.4) is 0 Å². The molecule has 0 N–H and O–H groups in total. The van der Waals surface area contributed by atoms with Gasteiger partial charge in [-0.3, -0.25) is 0 Å². The van der Waals surface area contributed by atoms with Crippen molar-refractivity contribution in [1.82, 2.24) is 0 Å². The molecule has 2 aliphatic carbocycles. The van der Waals surface area contributed by atoms with Gasteiger partial charge in [-0.1, -0.05) is 36.8 Å². The first-order chi connectivity index (χ1) is 12.6. The van der Waals surface area contributed by atoms with Gasteiger partial charge in [0.05, 0.1) is 0 Å². The molecule has 0 radical (unpaired) electrons. The number of fused-ring (bicyclic) bond motifs is 1. The minimum absolute atomic E-state index is 0.793. The molecule has 2 heteroatoms. The molecule has 5 rings (SSSR count). The third-order valence-corrected chi connectivity index (χ3v) is 8.21. The smallest absolute Gasteiger partial charge is 0.0351 e. The van der Waals surface area contributed by atoms with Crippen LogP contribution in [0.2, 0.25) is 0 Å². The van der Waals surface area contributed by atoms with Crippen LogP contribution in [-0.2, 0) is 0 Å². The lowest BCUT2D eigenvalue weighted by Gasteiger charge is -2.38. The van der Waals surface area contributed by atoms with E-state index in [9.17, 15) is 0 Å². The molecular weight excluding hydrogens is 352 g/mol. The molecule has 0 nitrogen and oxygen atoms in total. The van der Waals surface area contributed by atoms with Crippen molar-refractivity contribution in [1.29, 1.82) is 0 Å². The van der Waals surface area contributed by atoms with Gasteiger partial charge in [0.15, 0.2) is 0 Å². The highest BCUT2D eigenvalue weighted by Crippen LogP contribution is 2.61. The van der Waals surface area contributed by atoms with Crippen molar-refractivity contribution < 1.29 is 0 Å². The van der Waals surface area contributed by atoms with Gasteiger partial charge in [-0.25, -0.2) is 0 Å². The van der Waals surface area contributed by atoms with E-state index in [1.54, 1.807) is 11.1 Å². The highest BCUT2D eigenvalue weighted by atomic mass is 32.1. The first-order valence-electron chi connectivity index (χ1n) is 9.61. The maximum atomic E-state index is 2.47. The van der Waals surface area contributed by atoms with Gasteiger partial charge in [0.2, 0.25) is 0 Å². The normalized spacial score (nSPS) is 21.8. The number of allylic oxidation sites excluding steroid dienone is 2. The van der Waals surface area contributed by atoms with E-state index in [1.807, 2.05) is 22.7 Å². The molecule has 1 fully saturated rings. The van der Waals surface area contributed by atoms with Crippen molar-refractivity contribution in [2.75, 3.05) is 0 Å². The molecule has 0 aliphatic heterocycles. The van der Waals surface area contributed by atoms with Crippen LogP contribution < -0.4 is 0 Å². The maximum absolute atomic E-state index is 2.47. The lowest BCUT2D eigenvalue weighted by Crippen LogP contribution is -2.24. The fourth-order valence-corrected chi connectivity index (χ4v) is 7.01. The summed E-state index contributed by atoms with van der Waals surface area (Å²) < 4.78 is 0. The van der Waals surface area contributed by atoms with Crippen molar-refractivity contribution in [3.63, 3.8) is 0 Å². The Bertz CT molecular complexity index is 1000. The summed E-state index contributed by atoms with van der Waals surface area (Å²) >= 11 is 3.91. The number of aryl methyl sites for hydroxylation is 3. The monoisotopic (exact) mass is 376 g/mol. The number of benzene rings is 1. The van der Waals surface area contributed by atoms with Crippen molar-refractivity contribution in [3.05, 3.63) is 68.2 Å². The van der Waals surface area contributed by atoms with Crippen LogP contribution in [0.4, 0.5) is 0 Å². The van der Waals surface area contributed by atoms with Crippen LogP contribution in [0, 0.1) is 32.6 Å². The van der Waals surface area contributed by atoms with Crippen molar-refractivity contribution >= 4 is 33.8 Å². The SMILES string of the molecule is Cc1cc(C2=C(c3cc(-c4ccccc4)sc3C)C3CCCC23)c(C)s1. The van der Waals surface area contributed by atoms with E-state index in [-0.39, 0.29) is 0 Å². The lowest BCUT2D eigenvalue weighted by atomic mass is 9.65. The molecule has 0 saturated heterocycles. The zero-order chi connectivity index (χ0) is 17.8. The Morgan fingerprint density at radius 1 is 0.769 bits per heavy atom. The van der Waals surface area contributed by atoms with Gasteiger partial charge < -0.3 is 0 Å². The summed E-state index contributed by atoms with van der Waals surface area (Å²) in [5, 5.41) is 0. The topological polar surface area (TPSA) is 0 Å². The number of rotatable bonds is 3. The fourth-order valence-electron chi connectivity index (χ4n) is 5.04. The Labute approximate surface area is 164 Å². The van der Waals surface area contributed by atoms with Gasteiger partial charge in [-0.2, -0.15) is 0 Å². The standard InChI is InChI=1S/C24H24S2/c1-14-12-20(15(2)25-14)23-18-10-7-11-19(18)24(23)21-13-22(26-16(21)3)17-8-5-4-6-9-17/h4-6,8-9,12-13,18-19H,7,10-11H2,1-3H3. The van der Waals surface area contributed by atoms with Gasteiger partial charge in [-0.05, 0) is 85.4 Å². The highest BCUT2D eigenvalue weighted by Gasteiger charge is 2.45. The maximum Gasteiger partial charge on any atom is 0.0351 e. The predicted molar refractivity (Wildman–Crippen MR) is 116 cm³/mol. The number of thiophene rings is 2. The van der Waals surface area contributed by atoms with Crippen LogP contribution in [0.1, 0.15) is 45.0 Å². The molecule has 1 aromatic carbocycles. The molecule has 132 valence electrons. The van der Waals surface area contributed by atoms with E-state index in [1.165, 1.54) is 55.5 Å². The van der Waals surface area contributed by atoms with Crippen LogP contribution in [-0.4, -0.2) is 0 Å². The second kappa shape index (κ2) is 6.21. The molecule has 1 saturated carbocycles. The number of hydrogen-bond acceptors (Lipinski definition) is 2. The molecule has 3 aromatic rings. The molecule has 2 aliphatic rings. The Hall–Kier alpha value is -1.64. The molecule has 2 unspecified atom stereocenters. The zero-order valence-electron chi connectivity index (χ0n) is 15.6. The third kappa shape index (κ3) is 2.46. The summed E-state index contributed by atoms with van der Waals surface area (Å²) in [6.45, 7) is 6.86. The molecular formula is C24H24S2. The quantitative estimate of drug-likeness (QED) is 0.438. The Morgan fingerprint density at radius 3 is 2.00 bits per heavy atom. The zero-order valence-corrected chi connectivity index (χ0v) is 17.3. The van der Waals surface area contributed by atoms with E-state index in [2.05, 4.69) is 63.2 Å². The molecule has 2 atom stereocenters. The van der Waals surface area contributed by atoms with Crippen LogP contribution >= 0.6 is 22.7 Å². The summed E-state index contributed by atoms with van der Waals surface area (Å²) in [6, 6.07) is 15.7. The fraction of sp³-hybridized carbons (Fsp3) is 0.333. The summed E-state index contributed by atoms with van der Waals surface area (Å²) in [7, 11) is 0. The van der Waals surface area contributed by atoms with Crippen molar-refractivity contribution in [2.45, 2.75) is 40.0 Å². The lowest BCUT2D eigenvalue weighted by molar-refractivity contribution is 0.545. The summed E-state index contributed by atoms with van der Waals surface area (Å²) in [5.41, 5.74) is 7.76. The van der Waals surface area contributed by atoms with E-state index in [4.69, 9.17) is 0 Å². The minimum Gasteiger partial charge on any atom is -0.145 e. The van der Waals surface area contributed by atoms with Gasteiger partial charge >= 0.3 is 0 Å². The van der Waals surface area contributed by atoms with Crippen LogP contribution in [0.15, 0.2) is 42.5 Å². The largest absolute Gasteiger partial charge is 0.145 e. The van der Waals surface area contributed by atoms with E-state index >= 15 is 0 Å². The summed E-state index contributed by atoms with van der Waals surface area (Å²) in [4.78, 5) is 5.82. The average Bonchev–Trinajstić information content (AvgIpc) is 3.29. The first kappa shape index (κ1) is 16.5. The Morgan fingerprint density at radius 2 is 1.38 bits per heavy atom.